The van der Waals surface area contributed by atoms with E-state index in [1.165, 1.54) is 13.0 Å². The number of hydrogen-bond acceptors (Lipinski definition) is 7. The summed E-state index contributed by atoms with van der Waals surface area (Å²) in [6.45, 7) is 3.02. The second-order valence-corrected chi connectivity index (χ2v) is 5.77. The van der Waals surface area contributed by atoms with Gasteiger partial charge in [0.15, 0.2) is 22.8 Å². The van der Waals surface area contributed by atoms with Crippen molar-refractivity contribution in [3.8, 4) is 0 Å². The van der Waals surface area contributed by atoms with Gasteiger partial charge in [0.2, 0.25) is 0 Å². The van der Waals surface area contributed by atoms with E-state index >= 15 is 0 Å². The molecule has 0 fully saturated rings. The number of esters is 1. The molecule has 0 radical (unpaired) electrons. The molecule has 11 heteroatoms. The number of nitrogens with one attached hydrogen (secondary N) is 1. The van der Waals surface area contributed by atoms with E-state index in [-0.39, 0.29) is 32.4 Å². The summed E-state index contributed by atoms with van der Waals surface area (Å²) in [7, 11) is 0. The second-order valence-electron chi connectivity index (χ2n) is 4.65. The normalized spacial score (nSPS) is 11.9. The molecule has 2 aromatic rings. The van der Waals surface area contributed by atoms with Gasteiger partial charge < -0.3 is 20.3 Å². The maximum atomic E-state index is 12.1. The number of amides is 1. The highest BCUT2D eigenvalue weighted by Gasteiger charge is 2.25. The van der Waals surface area contributed by atoms with E-state index in [0.29, 0.717) is 5.76 Å². The molecule has 24 heavy (non-hydrogen) atoms. The summed E-state index contributed by atoms with van der Waals surface area (Å²) in [5.41, 5.74) is 5.16. The van der Waals surface area contributed by atoms with Gasteiger partial charge in [-0.15, -0.1) is 0 Å². The molecule has 0 aliphatic carbocycles. The zero-order valence-electron chi connectivity index (χ0n) is 12.4. The second kappa shape index (κ2) is 7.25. The van der Waals surface area contributed by atoms with Gasteiger partial charge in [-0.2, -0.15) is 0 Å². The van der Waals surface area contributed by atoms with Crippen molar-refractivity contribution in [1.82, 2.24) is 10.1 Å². The monoisotopic (exact) mass is 392 g/mol. The van der Waals surface area contributed by atoms with Crippen molar-refractivity contribution in [2.24, 2.45) is 0 Å². The number of aromatic nitrogens is 2. The number of nitrogen functional groups attached to an aromatic ring is 1. The standard InChI is InChI=1S/C13H11Cl3N4O4/c1-4-3-6(20-24-4)18-12(21)5(2)23-13(22)10-7(14)9(17)8(15)11(16)19-10/h3,5H,1-2H3,(H2,17,19)(H,18,20,21)/t5-/m0/s1. The third-order valence-electron chi connectivity index (χ3n) is 2.80. The van der Waals surface area contributed by atoms with Crippen LogP contribution in [0.3, 0.4) is 0 Å². The molecule has 2 aromatic heterocycles. The minimum absolute atomic E-state index is 0.0783. The fraction of sp³-hybridized carbons (Fsp3) is 0.231. The first-order chi connectivity index (χ1) is 11.2. The van der Waals surface area contributed by atoms with E-state index in [0.717, 1.165) is 0 Å². The lowest BCUT2D eigenvalue weighted by atomic mass is 10.3. The van der Waals surface area contributed by atoms with Crippen LogP contribution in [0.15, 0.2) is 10.6 Å². The van der Waals surface area contributed by atoms with Crippen molar-refractivity contribution in [1.29, 1.82) is 0 Å². The number of anilines is 2. The Morgan fingerprint density at radius 3 is 2.58 bits per heavy atom. The molecule has 0 spiro atoms. The van der Waals surface area contributed by atoms with Crippen molar-refractivity contribution in [2.75, 3.05) is 11.1 Å². The van der Waals surface area contributed by atoms with Crippen LogP contribution in [-0.4, -0.2) is 28.1 Å². The number of rotatable bonds is 4. The van der Waals surface area contributed by atoms with Gasteiger partial charge in [-0.3, -0.25) is 4.79 Å². The highest BCUT2D eigenvalue weighted by Crippen LogP contribution is 2.34. The quantitative estimate of drug-likeness (QED) is 0.604. The van der Waals surface area contributed by atoms with Crippen molar-refractivity contribution < 1.29 is 18.8 Å². The Kier molecular flexibility index (Phi) is 5.53. The number of hydrogen-bond donors (Lipinski definition) is 2. The van der Waals surface area contributed by atoms with Gasteiger partial charge in [0, 0.05) is 6.07 Å². The van der Waals surface area contributed by atoms with Crippen LogP contribution in [0.1, 0.15) is 23.2 Å². The Labute approximate surface area is 151 Å². The molecule has 0 aliphatic heterocycles. The first-order valence-corrected chi connectivity index (χ1v) is 7.59. The molecule has 0 saturated heterocycles. The molecular weight excluding hydrogens is 383 g/mol. The molecule has 8 nitrogen and oxygen atoms in total. The highest BCUT2D eigenvalue weighted by molar-refractivity contribution is 6.46. The lowest BCUT2D eigenvalue weighted by molar-refractivity contribution is -0.123. The number of carbonyl (C=O) groups excluding carboxylic acids is 2. The summed E-state index contributed by atoms with van der Waals surface area (Å²) in [4.78, 5) is 27.8. The van der Waals surface area contributed by atoms with Crippen LogP contribution in [0.2, 0.25) is 15.2 Å². The largest absolute Gasteiger partial charge is 0.448 e. The van der Waals surface area contributed by atoms with Crippen LogP contribution in [-0.2, 0) is 9.53 Å². The van der Waals surface area contributed by atoms with Gasteiger partial charge in [0.05, 0.1) is 10.7 Å². The molecule has 0 saturated carbocycles. The van der Waals surface area contributed by atoms with Crippen molar-refractivity contribution >= 4 is 58.2 Å². The molecule has 1 atom stereocenters. The molecule has 0 bridgehead atoms. The first-order valence-electron chi connectivity index (χ1n) is 6.45. The van der Waals surface area contributed by atoms with Crippen molar-refractivity contribution in [3.05, 3.63) is 32.7 Å². The van der Waals surface area contributed by atoms with E-state index < -0.39 is 18.0 Å². The Bertz CT molecular complexity index is 809. The van der Waals surface area contributed by atoms with Crippen LogP contribution >= 0.6 is 34.8 Å². The third-order valence-corrected chi connectivity index (χ3v) is 3.93. The molecular formula is C13H11Cl3N4O4. The van der Waals surface area contributed by atoms with Crippen molar-refractivity contribution in [3.63, 3.8) is 0 Å². The maximum absolute atomic E-state index is 12.1. The van der Waals surface area contributed by atoms with E-state index in [9.17, 15) is 9.59 Å². The van der Waals surface area contributed by atoms with Gasteiger partial charge in [-0.05, 0) is 13.8 Å². The molecule has 3 N–H and O–H groups in total. The molecule has 128 valence electrons. The SMILES string of the molecule is Cc1cc(NC(=O)[C@H](C)OC(=O)c2nc(Cl)c(Cl)c(N)c2Cl)no1. The number of pyridine rings is 1. The fourth-order valence-corrected chi connectivity index (χ4v) is 2.18. The Morgan fingerprint density at radius 1 is 1.33 bits per heavy atom. The predicted octanol–water partition coefficient (Wildman–Crippen LogP) is 3.10. The van der Waals surface area contributed by atoms with Crippen LogP contribution in [0.4, 0.5) is 11.5 Å². The highest BCUT2D eigenvalue weighted by atomic mass is 35.5. The molecule has 2 heterocycles. The van der Waals surface area contributed by atoms with Crippen LogP contribution < -0.4 is 11.1 Å². The Balaban J connectivity index is 2.10. The zero-order valence-corrected chi connectivity index (χ0v) is 14.7. The van der Waals surface area contributed by atoms with E-state index in [1.807, 2.05) is 0 Å². The summed E-state index contributed by atoms with van der Waals surface area (Å²) >= 11 is 17.4. The maximum Gasteiger partial charge on any atom is 0.359 e. The topological polar surface area (TPSA) is 120 Å². The smallest absolute Gasteiger partial charge is 0.359 e. The van der Waals surface area contributed by atoms with Crippen LogP contribution in [0, 0.1) is 6.92 Å². The summed E-state index contributed by atoms with van der Waals surface area (Å²) < 4.78 is 9.80. The van der Waals surface area contributed by atoms with E-state index in [1.54, 1.807) is 6.92 Å². The summed E-state index contributed by atoms with van der Waals surface area (Å²) in [5.74, 6) is -0.905. The molecule has 0 unspecified atom stereocenters. The Hall–Kier alpha value is -2.03. The average Bonchev–Trinajstić information content (AvgIpc) is 2.93. The summed E-state index contributed by atoms with van der Waals surface area (Å²) in [5, 5.41) is 5.51. The van der Waals surface area contributed by atoms with Crippen LogP contribution in [0.5, 0.6) is 0 Å². The number of nitrogens with zero attached hydrogens (tertiary/aromatic N) is 2. The lowest BCUT2D eigenvalue weighted by Gasteiger charge is -2.13. The molecule has 0 aliphatic rings. The van der Waals surface area contributed by atoms with Gasteiger partial charge >= 0.3 is 5.97 Å². The number of ether oxygens (including phenoxy) is 1. The van der Waals surface area contributed by atoms with Crippen molar-refractivity contribution in [2.45, 2.75) is 20.0 Å². The molecule has 2 rings (SSSR count). The van der Waals surface area contributed by atoms with E-state index in [4.69, 9.17) is 49.8 Å². The number of halogens is 3. The predicted molar refractivity (Wildman–Crippen MR) is 88.4 cm³/mol. The van der Waals surface area contributed by atoms with E-state index in [2.05, 4.69) is 15.5 Å². The summed E-state index contributed by atoms with van der Waals surface area (Å²) in [6.07, 6.45) is -1.16. The molecule has 1 amide bonds. The molecule has 0 aromatic carbocycles. The summed E-state index contributed by atoms with van der Waals surface area (Å²) in [6, 6.07) is 1.50. The van der Waals surface area contributed by atoms with Gasteiger partial charge in [0.1, 0.15) is 10.8 Å². The first kappa shape index (κ1) is 18.3. The fourth-order valence-electron chi connectivity index (χ4n) is 1.59. The average molecular weight is 394 g/mol. The van der Waals surface area contributed by atoms with Gasteiger partial charge in [-0.1, -0.05) is 40.0 Å². The van der Waals surface area contributed by atoms with Gasteiger partial charge in [0.25, 0.3) is 5.91 Å². The third kappa shape index (κ3) is 3.89. The zero-order chi connectivity index (χ0) is 18.0. The Morgan fingerprint density at radius 2 is 2.00 bits per heavy atom. The van der Waals surface area contributed by atoms with Gasteiger partial charge in [-0.25, -0.2) is 9.78 Å². The lowest BCUT2D eigenvalue weighted by Crippen LogP contribution is -2.30. The number of nitrogens with two attached hydrogens (primary N) is 1. The minimum Gasteiger partial charge on any atom is -0.448 e. The number of carbonyl (C=O) groups is 2. The minimum atomic E-state index is -1.16. The number of aryl methyl sites for hydroxylation is 1. The van der Waals surface area contributed by atoms with Crippen LogP contribution in [0.25, 0.3) is 0 Å².